The van der Waals surface area contributed by atoms with E-state index in [4.69, 9.17) is 4.74 Å². The molecule has 1 aliphatic carbocycles. The number of nitrogens with one attached hydrogen (secondary N) is 1. The summed E-state index contributed by atoms with van der Waals surface area (Å²) >= 11 is 0. The highest BCUT2D eigenvalue weighted by molar-refractivity contribution is 5.65. The fourth-order valence-corrected chi connectivity index (χ4v) is 4.51. The van der Waals surface area contributed by atoms with Crippen molar-refractivity contribution < 1.29 is 9.13 Å². The van der Waals surface area contributed by atoms with Crippen molar-refractivity contribution in [3.05, 3.63) is 60.2 Å². The van der Waals surface area contributed by atoms with E-state index < -0.39 is 0 Å². The van der Waals surface area contributed by atoms with Crippen molar-refractivity contribution in [1.29, 1.82) is 0 Å². The van der Waals surface area contributed by atoms with Crippen LogP contribution in [0.5, 0.6) is 0 Å². The maximum Gasteiger partial charge on any atom is 0.246 e. The summed E-state index contributed by atoms with van der Waals surface area (Å²) in [5, 5.41) is 7.86. The monoisotopic (exact) mass is 434 g/mol. The SMILES string of the molecule is Fc1cccc(-n2cnc(Nc3cc(C4CC4)cc(N4CCN(C5COC5)CC4)c3)n2)c1. The van der Waals surface area contributed by atoms with Crippen molar-refractivity contribution in [3.63, 3.8) is 0 Å². The molecule has 2 aromatic carbocycles. The third kappa shape index (κ3) is 4.08. The lowest BCUT2D eigenvalue weighted by Gasteiger charge is -2.43. The zero-order valence-corrected chi connectivity index (χ0v) is 18.0. The Morgan fingerprint density at radius 2 is 1.81 bits per heavy atom. The molecule has 0 atom stereocenters. The molecule has 1 aromatic heterocycles. The van der Waals surface area contributed by atoms with Gasteiger partial charge in [-0.05, 0) is 60.7 Å². The number of anilines is 3. The Balaban J connectivity index is 1.20. The molecule has 0 bridgehead atoms. The molecule has 1 saturated carbocycles. The van der Waals surface area contributed by atoms with Gasteiger partial charge in [0.2, 0.25) is 5.95 Å². The topological polar surface area (TPSA) is 58.5 Å². The van der Waals surface area contributed by atoms with Gasteiger partial charge in [0.1, 0.15) is 12.1 Å². The molecule has 3 aromatic rings. The average molecular weight is 435 g/mol. The smallest absolute Gasteiger partial charge is 0.246 e. The van der Waals surface area contributed by atoms with Gasteiger partial charge in [0, 0.05) is 37.6 Å². The van der Waals surface area contributed by atoms with Gasteiger partial charge in [-0.3, -0.25) is 4.90 Å². The third-order valence-corrected chi connectivity index (χ3v) is 6.63. The summed E-state index contributed by atoms with van der Waals surface area (Å²) < 4.78 is 20.5. The fourth-order valence-electron chi connectivity index (χ4n) is 4.51. The molecule has 7 nitrogen and oxygen atoms in total. The van der Waals surface area contributed by atoms with E-state index in [9.17, 15) is 4.39 Å². The van der Waals surface area contributed by atoms with E-state index in [0.29, 0.717) is 23.6 Å². The van der Waals surface area contributed by atoms with Crippen LogP contribution >= 0.6 is 0 Å². The Morgan fingerprint density at radius 1 is 0.969 bits per heavy atom. The Labute approximate surface area is 186 Å². The van der Waals surface area contributed by atoms with Crippen LogP contribution in [0.25, 0.3) is 5.69 Å². The average Bonchev–Trinajstić information content (AvgIpc) is 3.52. The number of hydrogen-bond donors (Lipinski definition) is 1. The minimum Gasteiger partial charge on any atom is -0.378 e. The lowest BCUT2D eigenvalue weighted by atomic mass is 10.1. The molecule has 6 rings (SSSR count). The number of ether oxygens (including phenoxy) is 1. The van der Waals surface area contributed by atoms with Gasteiger partial charge in [-0.25, -0.2) is 9.07 Å². The first kappa shape index (κ1) is 19.7. The van der Waals surface area contributed by atoms with Crippen LogP contribution in [-0.2, 0) is 4.74 Å². The maximum atomic E-state index is 13.6. The Hall–Kier alpha value is -2.97. The number of benzene rings is 2. The van der Waals surface area contributed by atoms with Crippen LogP contribution in [0.1, 0.15) is 24.3 Å². The highest BCUT2D eigenvalue weighted by Crippen LogP contribution is 2.42. The molecule has 0 radical (unpaired) electrons. The molecule has 3 fully saturated rings. The highest BCUT2D eigenvalue weighted by atomic mass is 19.1. The predicted molar refractivity (Wildman–Crippen MR) is 121 cm³/mol. The van der Waals surface area contributed by atoms with Crippen molar-refractivity contribution in [3.8, 4) is 5.69 Å². The van der Waals surface area contributed by atoms with Crippen LogP contribution in [-0.4, -0.2) is 65.1 Å². The number of nitrogens with zero attached hydrogens (tertiary/aromatic N) is 5. The molecule has 0 amide bonds. The maximum absolute atomic E-state index is 13.6. The Morgan fingerprint density at radius 3 is 2.53 bits per heavy atom. The van der Waals surface area contributed by atoms with E-state index in [-0.39, 0.29) is 5.82 Å². The van der Waals surface area contributed by atoms with Gasteiger partial charge in [-0.15, -0.1) is 5.10 Å². The van der Waals surface area contributed by atoms with Gasteiger partial charge in [0.05, 0.1) is 24.9 Å². The molecule has 32 heavy (non-hydrogen) atoms. The largest absolute Gasteiger partial charge is 0.378 e. The van der Waals surface area contributed by atoms with Gasteiger partial charge in [0.15, 0.2) is 0 Å². The fraction of sp³-hybridized carbons (Fsp3) is 0.417. The van der Waals surface area contributed by atoms with Gasteiger partial charge in [-0.2, -0.15) is 4.98 Å². The number of halogens is 1. The molecule has 8 heteroatoms. The van der Waals surface area contributed by atoms with Crippen molar-refractivity contribution in [2.75, 3.05) is 49.6 Å². The van der Waals surface area contributed by atoms with E-state index in [1.54, 1.807) is 17.1 Å². The van der Waals surface area contributed by atoms with Crippen LogP contribution in [0.15, 0.2) is 48.8 Å². The molecule has 0 spiro atoms. The number of hydrogen-bond acceptors (Lipinski definition) is 6. The van der Waals surface area contributed by atoms with Crippen molar-refractivity contribution in [2.24, 2.45) is 0 Å². The molecular formula is C24H27FN6O. The van der Waals surface area contributed by atoms with Crippen LogP contribution in [0.2, 0.25) is 0 Å². The lowest BCUT2D eigenvalue weighted by Crippen LogP contribution is -2.56. The summed E-state index contributed by atoms with van der Waals surface area (Å²) in [6, 6.07) is 13.7. The van der Waals surface area contributed by atoms with E-state index in [2.05, 4.69) is 43.4 Å². The van der Waals surface area contributed by atoms with E-state index >= 15 is 0 Å². The van der Waals surface area contributed by atoms with Crippen molar-refractivity contribution >= 4 is 17.3 Å². The zero-order chi connectivity index (χ0) is 21.5. The summed E-state index contributed by atoms with van der Waals surface area (Å²) in [5.41, 5.74) is 4.28. The number of rotatable bonds is 6. The van der Waals surface area contributed by atoms with Crippen LogP contribution in [0.3, 0.4) is 0 Å². The third-order valence-electron chi connectivity index (χ3n) is 6.63. The molecular weight excluding hydrogens is 407 g/mol. The van der Waals surface area contributed by atoms with Crippen LogP contribution in [0.4, 0.5) is 21.7 Å². The minimum absolute atomic E-state index is 0.292. The molecule has 0 unspecified atom stereocenters. The number of piperazine rings is 1. The first-order valence-corrected chi connectivity index (χ1v) is 11.4. The standard InChI is InChI=1S/C24H27FN6O/c25-19-2-1-3-21(12-19)31-16-26-24(28-31)27-20-10-18(17-4-5-17)11-22(13-20)29-6-8-30(9-7-29)23-14-32-15-23/h1-3,10-13,16-17,23H,4-9,14-15H2,(H,27,28). The second-order valence-corrected chi connectivity index (χ2v) is 8.92. The minimum atomic E-state index is -0.292. The van der Waals surface area contributed by atoms with Crippen molar-refractivity contribution in [2.45, 2.75) is 24.8 Å². The molecule has 166 valence electrons. The van der Waals surface area contributed by atoms with Gasteiger partial charge < -0.3 is 15.0 Å². The number of aromatic nitrogens is 3. The van der Waals surface area contributed by atoms with Gasteiger partial charge in [0.25, 0.3) is 0 Å². The van der Waals surface area contributed by atoms with E-state index in [0.717, 1.165) is 45.1 Å². The summed E-state index contributed by atoms with van der Waals surface area (Å²) in [4.78, 5) is 9.41. The first-order chi connectivity index (χ1) is 15.7. The van der Waals surface area contributed by atoms with Crippen molar-refractivity contribution in [1.82, 2.24) is 19.7 Å². The normalized spacial score (nSPS) is 19.7. The van der Waals surface area contributed by atoms with Crippen LogP contribution < -0.4 is 10.2 Å². The van der Waals surface area contributed by atoms with E-state index in [1.165, 1.54) is 36.2 Å². The summed E-state index contributed by atoms with van der Waals surface area (Å²) in [5.74, 6) is 0.865. The first-order valence-electron chi connectivity index (χ1n) is 11.4. The molecule has 3 heterocycles. The van der Waals surface area contributed by atoms with Gasteiger partial charge >= 0.3 is 0 Å². The van der Waals surface area contributed by atoms with Gasteiger partial charge in [-0.1, -0.05) is 6.07 Å². The Bertz CT molecular complexity index is 1100. The Kier molecular flexibility index (Phi) is 5.04. The molecule has 1 N–H and O–H groups in total. The molecule has 3 aliphatic rings. The highest BCUT2D eigenvalue weighted by Gasteiger charge is 2.30. The second-order valence-electron chi connectivity index (χ2n) is 8.92. The second kappa shape index (κ2) is 8.18. The van der Waals surface area contributed by atoms with E-state index in [1.807, 2.05) is 6.07 Å². The lowest BCUT2D eigenvalue weighted by molar-refractivity contribution is -0.0660. The summed E-state index contributed by atoms with van der Waals surface area (Å²) in [7, 11) is 0. The quantitative estimate of drug-likeness (QED) is 0.640. The summed E-state index contributed by atoms with van der Waals surface area (Å²) in [6.07, 6.45) is 4.11. The zero-order valence-electron chi connectivity index (χ0n) is 18.0. The summed E-state index contributed by atoms with van der Waals surface area (Å²) in [6.45, 7) is 5.95. The predicted octanol–water partition coefficient (Wildman–Crippen LogP) is 3.55. The van der Waals surface area contributed by atoms with Crippen LogP contribution in [0, 0.1) is 5.82 Å². The molecule has 2 saturated heterocycles. The molecule has 2 aliphatic heterocycles.